The number of rotatable bonds is 3. The van der Waals surface area contributed by atoms with Crippen molar-refractivity contribution in [2.45, 2.75) is 0 Å². The van der Waals surface area contributed by atoms with E-state index in [9.17, 15) is 9.59 Å². The normalized spacial score (nSPS) is 10.2. The molecule has 0 bridgehead atoms. The molecule has 0 aliphatic heterocycles. The van der Waals surface area contributed by atoms with Crippen molar-refractivity contribution in [3.8, 4) is 0 Å². The molecule has 1 aromatic heterocycles. The smallest absolute Gasteiger partial charge is 0.356 e. The number of carbonyl (C=O) groups is 2. The number of nitrogens with one attached hydrogen (secondary N) is 1. The Hall–Kier alpha value is -2.34. The number of amides is 1. The average Bonchev–Trinajstić information content (AvgIpc) is 2.71. The summed E-state index contributed by atoms with van der Waals surface area (Å²) >= 11 is 5.90. The van der Waals surface area contributed by atoms with Crippen molar-refractivity contribution >= 4 is 29.3 Å². The van der Waals surface area contributed by atoms with Gasteiger partial charge in [-0.05, 0) is 12.1 Å². The molecular formula is C12H10ClN3O3. The Morgan fingerprint density at radius 1 is 1.37 bits per heavy atom. The summed E-state index contributed by atoms with van der Waals surface area (Å²) < 4.78 is 1.28. The molecule has 6 nitrogen and oxygen atoms in total. The summed E-state index contributed by atoms with van der Waals surface area (Å²) in [6.07, 6.45) is 0. The second kappa shape index (κ2) is 5.11. The van der Waals surface area contributed by atoms with Crippen LogP contribution in [0.1, 0.15) is 20.8 Å². The van der Waals surface area contributed by atoms with Crippen LogP contribution in [0.3, 0.4) is 0 Å². The molecule has 1 aromatic carbocycles. The second-order valence-corrected chi connectivity index (χ2v) is 4.18. The van der Waals surface area contributed by atoms with Crippen molar-refractivity contribution in [2.75, 3.05) is 5.32 Å². The Bertz CT molecular complexity index is 651. The van der Waals surface area contributed by atoms with E-state index in [1.165, 1.54) is 17.8 Å². The van der Waals surface area contributed by atoms with Crippen LogP contribution in [0.5, 0.6) is 0 Å². The van der Waals surface area contributed by atoms with Crippen LogP contribution < -0.4 is 5.32 Å². The second-order valence-electron chi connectivity index (χ2n) is 3.78. The lowest BCUT2D eigenvalue weighted by molar-refractivity contribution is 0.0689. The van der Waals surface area contributed by atoms with Gasteiger partial charge in [0.15, 0.2) is 5.69 Å². The lowest BCUT2D eigenvalue weighted by atomic mass is 10.2. The molecular weight excluding hydrogens is 270 g/mol. The quantitative estimate of drug-likeness (QED) is 0.900. The fourth-order valence-electron chi connectivity index (χ4n) is 1.52. The van der Waals surface area contributed by atoms with E-state index >= 15 is 0 Å². The number of carboxylic acid groups (broad SMARTS) is 1. The van der Waals surface area contributed by atoms with Gasteiger partial charge in [-0.15, -0.1) is 0 Å². The molecule has 2 N–H and O–H groups in total. The number of aromatic carboxylic acids is 1. The Balaban J connectivity index is 2.24. The number of hydrogen-bond donors (Lipinski definition) is 2. The van der Waals surface area contributed by atoms with Crippen LogP contribution >= 0.6 is 11.6 Å². The molecule has 0 saturated heterocycles. The van der Waals surface area contributed by atoms with Gasteiger partial charge < -0.3 is 10.4 Å². The molecule has 2 aromatic rings. The number of hydrogen-bond acceptors (Lipinski definition) is 3. The molecule has 0 atom stereocenters. The molecule has 7 heteroatoms. The molecule has 1 heterocycles. The molecule has 0 saturated carbocycles. The van der Waals surface area contributed by atoms with Crippen molar-refractivity contribution in [3.05, 3.63) is 46.6 Å². The van der Waals surface area contributed by atoms with E-state index < -0.39 is 11.9 Å². The zero-order valence-electron chi connectivity index (χ0n) is 9.92. The third-order valence-corrected chi connectivity index (χ3v) is 2.79. The molecule has 0 spiro atoms. The largest absolute Gasteiger partial charge is 0.476 e. The van der Waals surface area contributed by atoms with Crippen LogP contribution in [0.25, 0.3) is 0 Å². The third kappa shape index (κ3) is 2.74. The summed E-state index contributed by atoms with van der Waals surface area (Å²) in [5.74, 6) is -1.30. The molecule has 0 aliphatic carbocycles. The Morgan fingerprint density at radius 2 is 2.05 bits per heavy atom. The van der Waals surface area contributed by atoms with Crippen LogP contribution in [-0.4, -0.2) is 26.8 Å². The van der Waals surface area contributed by atoms with Crippen LogP contribution in [0.15, 0.2) is 30.3 Å². The summed E-state index contributed by atoms with van der Waals surface area (Å²) in [5.41, 5.74) is 0.166. The first-order chi connectivity index (χ1) is 8.99. The minimum absolute atomic E-state index is 0.142. The fourth-order valence-corrected chi connectivity index (χ4v) is 1.74. The maximum absolute atomic E-state index is 12.0. The monoisotopic (exact) mass is 279 g/mol. The summed E-state index contributed by atoms with van der Waals surface area (Å²) in [5, 5.41) is 15.4. The zero-order valence-corrected chi connectivity index (χ0v) is 10.7. The molecule has 0 aliphatic rings. The minimum atomic E-state index is -1.16. The van der Waals surface area contributed by atoms with E-state index in [1.807, 2.05) is 0 Å². The van der Waals surface area contributed by atoms with Gasteiger partial charge in [0.05, 0.1) is 10.6 Å². The van der Waals surface area contributed by atoms with E-state index in [1.54, 1.807) is 24.3 Å². The first-order valence-electron chi connectivity index (χ1n) is 5.32. The molecule has 0 radical (unpaired) electrons. The third-order valence-electron chi connectivity index (χ3n) is 2.46. The standard InChI is InChI=1S/C12H10ClN3O3/c1-16-10(6-9(15-16)12(18)19)14-11(17)7-4-2-3-5-8(7)13/h2-6H,1H3,(H,14,17)(H,18,19). The van der Waals surface area contributed by atoms with E-state index in [4.69, 9.17) is 16.7 Å². The minimum Gasteiger partial charge on any atom is -0.476 e. The van der Waals surface area contributed by atoms with Crippen LogP contribution in [0, 0.1) is 0 Å². The van der Waals surface area contributed by atoms with Gasteiger partial charge in [-0.25, -0.2) is 4.79 Å². The highest BCUT2D eigenvalue weighted by atomic mass is 35.5. The SMILES string of the molecule is Cn1nc(C(=O)O)cc1NC(=O)c1ccccc1Cl. The van der Waals surface area contributed by atoms with E-state index in [0.29, 0.717) is 10.6 Å². The van der Waals surface area contributed by atoms with Gasteiger partial charge >= 0.3 is 5.97 Å². The van der Waals surface area contributed by atoms with Crippen molar-refractivity contribution in [3.63, 3.8) is 0 Å². The maximum Gasteiger partial charge on any atom is 0.356 e. The van der Waals surface area contributed by atoms with Crippen molar-refractivity contribution in [1.82, 2.24) is 9.78 Å². The molecule has 1 amide bonds. The van der Waals surface area contributed by atoms with Gasteiger partial charge in [0, 0.05) is 13.1 Å². The van der Waals surface area contributed by atoms with Crippen molar-refractivity contribution in [1.29, 1.82) is 0 Å². The lowest BCUT2D eigenvalue weighted by Gasteiger charge is -2.06. The average molecular weight is 280 g/mol. The van der Waals surface area contributed by atoms with Crippen molar-refractivity contribution < 1.29 is 14.7 Å². The van der Waals surface area contributed by atoms with Gasteiger partial charge in [0.2, 0.25) is 0 Å². The summed E-state index contributed by atoms with van der Waals surface area (Å²) in [6.45, 7) is 0. The van der Waals surface area contributed by atoms with E-state index in [2.05, 4.69) is 10.4 Å². The maximum atomic E-state index is 12.0. The molecule has 19 heavy (non-hydrogen) atoms. The lowest BCUT2D eigenvalue weighted by Crippen LogP contribution is -2.14. The Labute approximate surface area is 113 Å². The van der Waals surface area contributed by atoms with Gasteiger partial charge in [-0.2, -0.15) is 5.10 Å². The molecule has 2 rings (SSSR count). The number of aromatic nitrogens is 2. The number of halogens is 1. The van der Waals surface area contributed by atoms with Gasteiger partial charge in [-0.1, -0.05) is 23.7 Å². The van der Waals surface area contributed by atoms with Gasteiger partial charge in [0.25, 0.3) is 5.91 Å². The Morgan fingerprint density at radius 3 is 2.63 bits per heavy atom. The number of carboxylic acids is 1. The van der Waals surface area contributed by atoms with Gasteiger partial charge in [-0.3, -0.25) is 9.48 Å². The highest BCUT2D eigenvalue weighted by Gasteiger charge is 2.15. The highest BCUT2D eigenvalue weighted by molar-refractivity contribution is 6.34. The first-order valence-corrected chi connectivity index (χ1v) is 5.70. The highest BCUT2D eigenvalue weighted by Crippen LogP contribution is 2.17. The van der Waals surface area contributed by atoms with E-state index in [-0.39, 0.29) is 11.5 Å². The van der Waals surface area contributed by atoms with Crippen LogP contribution in [0.4, 0.5) is 5.82 Å². The fraction of sp³-hybridized carbons (Fsp3) is 0.0833. The summed E-state index contributed by atoms with van der Waals surface area (Å²) in [7, 11) is 1.54. The van der Waals surface area contributed by atoms with Crippen molar-refractivity contribution in [2.24, 2.45) is 7.05 Å². The predicted octanol–water partition coefficient (Wildman–Crippen LogP) is 2.02. The molecule has 0 unspecified atom stereocenters. The summed E-state index contributed by atoms with van der Waals surface area (Å²) in [6, 6.07) is 7.85. The number of nitrogens with zero attached hydrogens (tertiary/aromatic N) is 2. The van der Waals surface area contributed by atoms with Gasteiger partial charge in [0.1, 0.15) is 5.82 Å². The van der Waals surface area contributed by atoms with Crippen LogP contribution in [0.2, 0.25) is 5.02 Å². The number of benzene rings is 1. The van der Waals surface area contributed by atoms with Crippen LogP contribution in [-0.2, 0) is 7.05 Å². The summed E-state index contributed by atoms with van der Waals surface area (Å²) in [4.78, 5) is 22.7. The number of anilines is 1. The molecule has 0 fully saturated rings. The topological polar surface area (TPSA) is 84.2 Å². The predicted molar refractivity (Wildman–Crippen MR) is 69.6 cm³/mol. The molecule has 98 valence electrons. The van der Waals surface area contributed by atoms with E-state index in [0.717, 1.165) is 0 Å². The zero-order chi connectivity index (χ0) is 14.0. The number of carbonyl (C=O) groups excluding carboxylic acids is 1. The first kappa shape index (κ1) is 13.1. The Kier molecular flexibility index (Phi) is 3.52. The number of aryl methyl sites for hydroxylation is 1.